The first-order chi connectivity index (χ1) is 10.4. The van der Waals surface area contributed by atoms with E-state index in [1.807, 2.05) is 13.8 Å². The Morgan fingerprint density at radius 1 is 1.05 bits per heavy atom. The van der Waals surface area contributed by atoms with Gasteiger partial charge in [-0.15, -0.1) is 0 Å². The smallest absolute Gasteiger partial charge is 0.345 e. The molecule has 0 saturated carbocycles. The van der Waals surface area contributed by atoms with Crippen molar-refractivity contribution < 1.29 is 27.1 Å². The van der Waals surface area contributed by atoms with Crippen LogP contribution in [0.5, 0.6) is 5.75 Å². The van der Waals surface area contributed by atoms with Crippen molar-refractivity contribution in [1.29, 1.82) is 0 Å². The van der Waals surface area contributed by atoms with E-state index in [9.17, 15) is 22.4 Å². The van der Waals surface area contributed by atoms with Gasteiger partial charge in [-0.2, -0.15) is 8.78 Å². The maximum Gasteiger partial charge on any atom is 0.345 e. The number of rotatable bonds is 2. The molecule has 0 atom stereocenters. The average Bonchev–Trinajstić information content (AvgIpc) is 2.52. The van der Waals surface area contributed by atoms with Crippen LogP contribution in [0.2, 0.25) is 0 Å². The molecule has 0 unspecified atom stereocenters. The Labute approximate surface area is 124 Å². The number of hydrogen-bond acceptors (Lipinski definition) is 3. The summed E-state index contributed by atoms with van der Waals surface area (Å²) in [6, 6.07) is 2.79. The highest BCUT2D eigenvalue weighted by Gasteiger charge is 2.23. The number of aryl methyl sites for hydroxylation is 1. The minimum atomic E-state index is -1.78. The molecule has 1 aromatic carbocycles. The summed E-state index contributed by atoms with van der Waals surface area (Å²) in [6.45, 7) is 5.66. The summed E-state index contributed by atoms with van der Waals surface area (Å²) < 4.78 is 56.9. The molecule has 0 amide bonds. The standard InChI is InChI=1S/C13H7F4NO2.C2H6/c1-6-2-3-7(5-18-6)13(19)20-12-10(16)8(14)4-9(15)11(12)17;1-2/h2-5H,1H3;1-2H3. The maximum atomic E-state index is 13.3. The van der Waals surface area contributed by atoms with Crippen LogP contribution in [0.25, 0.3) is 0 Å². The first-order valence-corrected chi connectivity index (χ1v) is 6.38. The van der Waals surface area contributed by atoms with Gasteiger partial charge in [-0.05, 0) is 19.1 Å². The van der Waals surface area contributed by atoms with Gasteiger partial charge in [-0.1, -0.05) is 13.8 Å². The van der Waals surface area contributed by atoms with Crippen LogP contribution in [0.15, 0.2) is 24.4 Å². The zero-order chi connectivity index (χ0) is 16.9. The zero-order valence-electron chi connectivity index (χ0n) is 12.1. The van der Waals surface area contributed by atoms with Crippen LogP contribution < -0.4 is 4.74 Å². The summed E-state index contributed by atoms with van der Waals surface area (Å²) in [4.78, 5) is 15.4. The lowest BCUT2D eigenvalue weighted by Crippen LogP contribution is -2.12. The van der Waals surface area contributed by atoms with Crippen molar-refractivity contribution in [2.24, 2.45) is 0 Å². The van der Waals surface area contributed by atoms with Gasteiger partial charge in [0.2, 0.25) is 17.4 Å². The monoisotopic (exact) mass is 315 g/mol. The third-order valence-electron chi connectivity index (χ3n) is 2.41. The van der Waals surface area contributed by atoms with Crippen molar-refractivity contribution in [1.82, 2.24) is 4.98 Å². The van der Waals surface area contributed by atoms with E-state index in [1.54, 1.807) is 6.92 Å². The van der Waals surface area contributed by atoms with Crippen LogP contribution in [0.3, 0.4) is 0 Å². The van der Waals surface area contributed by atoms with Gasteiger partial charge < -0.3 is 4.74 Å². The Morgan fingerprint density at radius 3 is 2.05 bits per heavy atom. The van der Waals surface area contributed by atoms with E-state index in [0.29, 0.717) is 5.69 Å². The second kappa shape index (κ2) is 7.53. The fourth-order valence-corrected chi connectivity index (χ4v) is 1.38. The minimum absolute atomic E-state index is 0.0232. The number of nitrogens with zero attached hydrogens (tertiary/aromatic N) is 1. The first kappa shape index (κ1) is 17.6. The summed E-state index contributed by atoms with van der Waals surface area (Å²) in [5.41, 5.74) is 0.495. The molecule has 2 rings (SSSR count). The molecule has 1 aromatic heterocycles. The van der Waals surface area contributed by atoms with Crippen molar-refractivity contribution in [3.8, 4) is 5.75 Å². The summed E-state index contributed by atoms with van der Waals surface area (Å²) in [6.07, 6.45) is 1.11. The number of hydrogen-bond donors (Lipinski definition) is 0. The van der Waals surface area contributed by atoms with E-state index >= 15 is 0 Å². The van der Waals surface area contributed by atoms with Crippen LogP contribution in [0.4, 0.5) is 17.6 Å². The third kappa shape index (κ3) is 3.81. The molecule has 0 spiro atoms. The van der Waals surface area contributed by atoms with Crippen molar-refractivity contribution in [3.05, 3.63) is 58.9 Å². The highest BCUT2D eigenvalue weighted by molar-refractivity contribution is 5.90. The van der Waals surface area contributed by atoms with Crippen molar-refractivity contribution in [3.63, 3.8) is 0 Å². The molecule has 0 aliphatic rings. The first-order valence-electron chi connectivity index (χ1n) is 6.38. The Kier molecular flexibility index (Phi) is 6.03. The summed E-state index contributed by atoms with van der Waals surface area (Å²) >= 11 is 0. The molecule has 0 bridgehead atoms. The van der Waals surface area contributed by atoms with Gasteiger partial charge in [0.25, 0.3) is 0 Å². The maximum absolute atomic E-state index is 13.3. The Balaban J connectivity index is 0.00000116. The summed E-state index contributed by atoms with van der Waals surface area (Å²) in [5.74, 6) is -9.48. The van der Waals surface area contributed by atoms with Gasteiger partial charge in [0.05, 0.1) is 5.56 Å². The number of halogens is 4. The number of benzene rings is 1. The molecule has 2 aromatic rings. The van der Waals surface area contributed by atoms with Gasteiger partial charge in [-0.25, -0.2) is 13.6 Å². The van der Waals surface area contributed by atoms with E-state index in [2.05, 4.69) is 9.72 Å². The van der Waals surface area contributed by atoms with Gasteiger partial charge in [0, 0.05) is 18.0 Å². The molecule has 118 valence electrons. The van der Waals surface area contributed by atoms with Crippen LogP contribution in [0.1, 0.15) is 29.9 Å². The third-order valence-corrected chi connectivity index (χ3v) is 2.41. The van der Waals surface area contributed by atoms with Crippen LogP contribution in [-0.4, -0.2) is 11.0 Å². The molecule has 0 aliphatic carbocycles. The zero-order valence-corrected chi connectivity index (χ0v) is 12.1. The molecular weight excluding hydrogens is 302 g/mol. The number of pyridine rings is 1. The molecule has 7 heteroatoms. The van der Waals surface area contributed by atoms with E-state index in [-0.39, 0.29) is 11.6 Å². The Bertz CT molecular complexity index is 646. The van der Waals surface area contributed by atoms with Gasteiger partial charge in [0.15, 0.2) is 11.6 Å². The van der Waals surface area contributed by atoms with Crippen LogP contribution >= 0.6 is 0 Å². The molecule has 0 radical (unpaired) electrons. The fraction of sp³-hybridized carbons (Fsp3) is 0.200. The molecule has 0 saturated heterocycles. The van der Waals surface area contributed by atoms with Crippen molar-refractivity contribution in [2.75, 3.05) is 0 Å². The van der Waals surface area contributed by atoms with Gasteiger partial charge in [0.1, 0.15) is 0 Å². The number of ether oxygens (including phenoxy) is 1. The fourth-order valence-electron chi connectivity index (χ4n) is 1.38. The molecule has 0 aliphatic heterocycles. The Morgan fingerprint density at radius 2 is 1.59 bits per heavy atom. The Hall–Kier alpha value is -2.44. The summed E-state index contributed by atoms with van der Waals surface area (Å²) in [5, 5.41) is 0. The molecule has 1 heterocycles. The highest BCUT2D eigenvalue weighted by atomic mass is 19.2. The van der Waals surface area contributed by atoms with E-state index in [4.69, 9.17) is 0 Å². The number of carbonyl (C=O) groups is 1. The minimum Gasteiger partial charge on any atom is -0.416 e. The largest absolute Gasteiger partial charge is 0.416 e. The predicted molar refractivity (Wildman–Crippen MR) is 71.6 cm³/mol. The van der Waals surface area contributed by atoms with Crippen molar-refractivity contribution >= 4 is 5.97 Å². The number of carbonyl (C=O) groups excluding carboxylic acids is 1. The van der Waals surface area contributed by atoms with E-state index in [1.165, 1.54) is 12.1 Å². The predicted octanol–water partition coefficient (Wildman–Crippen LogP) is 4.19. The topological polar surface area (TPSA) is 39.2 Å². The normalized spacial score (nSPS) is 9.77. The SMILES string of the molecule is CC.Cc1ccc(C(=O)Oc2c(F)c(F)cc(F)c2F)cn1. The second-order valence-corrected chi connectivity index (χ2v) is 3.88. The molecule has 0 fully saturated rings. The molecule has 22 heavy (non-hydrogen) atoms. The highest BCUT2D eigenvalue weighted by Crippen LogP contribution is 2.27. The molecule has 0 N–H and O–H groups in total. The molecular formula is C15H13F4NO2. The van der Waals surface area contributed by atoms with Crippen LogP contribution in [0, 0.1) is 30.2 Å². The van der Waals surface area contributed by atoms with Gasteiger partial charge >= 0.3 is 5.97 Å². The van der Waals surface area contributed by atoms with Crippen LogP contribution in [-0.2, 0) is 0 Å². The number of esters is 1. The quantitative estimate of drug-likeness (QED) is 0.361. The lowest BCUT2D eigenvalue weighted by atomic mass is 10.2. The lowest BCUT2D eigenvalue weighted by Gasteiger charge is -2.07. The lowest BCUT2D eigenvalue weighted by molar-refractivity contribution is 0.0717. The second-order valence-electron chi connectivity index (χ2n) is 3.88. The van der Waals surface area contributed by atoms with E-state index < -0.39 is 35.0 Å². The average molecular weight is 315 g/mol. The number of aromatic nitrogens is 1. The van der Waals surface area contributed by atoms with E-state index in [0.717, 1.165) is 6.20 Å². The van der Waals surface area contributed by atoms with Gasteiger partial charge in [-0.3, -0.25) is 4.98 Å². The van der Waals surface area contributed by atoms with Crippen molar-refractivity contribution in [2.45, 2.75) is 20.8 Å². The molecule has 3 nitrogen and oxygen atoms in total. The summed E-state index contributed by atoms with van der Waals surface area (Å²) in [7, 11) is 0.